The summed E-state index contributed by atoms with van der Waals surface area (Å²) in [4.78, 5) is 0. The molecule has 0 nitrogen and oxygen atoms in total. The van der Waals surface area contributed by atoms with Crippen molar-refractivity contribution in [3.8, 4) is 0 Å². The number of unbranched alkanes of at least 4 members (excludes halogenated alkanes) is 3. The van der Waals surface area contributed by atoms with E-state index in [0.29, 0.717) is 12.8 Å². The van der Waals surface area contributed by atoms with Gasteiger partial charge >= 0.3 is 0 Å². The lowest BCUT2D eigenvalue weighted by Gasteiger charge is -2.09. The highest BCUT2D eigenvalue weighted by atomic mass is 19.1. The molecule has 0 fully saturated rings. The standard InChI is InChI=1S/C24H30F2/c1-3-5-7-9-19-11-13-20(14-12-19)15-16-21-17-23(25)22(24(26)18-21)10-8-6-4-2/h7,9,11-14,17-18H,3-6,8,10,15-16H2,1-2H3. The van der Waals surface area contributed by atoms with Crippen molar-refractivity contribution in [1.29, 1.82) is 0 Å². The zero-order chi connectivity index (χ0) is 18.8. The molecule has 0 amide bonds. The van der Waals surface area contributed by atoms with E-state index in [9.17, 15) is 8.78 Å². The number of aryl methyl sites for hydroxylation is 2. The first-order valence-corrected chi connectivity index (χ1v) is 9.86. The highest BCUT2D eigenvalue weighted by Crippen LogP contribution is 2.20. The molecule has 0 saturated heterocycles. The first-order chi connectivity index (χ1) is 12.6. The van der Waals surface area contributed by atoms with Crippen molar-refractivity contribution in [3.63, 3.8) is 0 Å². The highest BCUT2D eigenvalue weighted by molar-refractivity contribution is 5.49. The van der Waals surface area contributed by atoms with Gasteiger partial charge in [-0.1, -0.05) is 69.5 Å². The van der Waals surface area contributed by atoms with Crippen LogP contribution in [0.5, 0.6) is 0 Å². The van der Waals surface area contributed by atoms with Crippen LogP contribution in [0.3, 0.4) is 0 Å². The van der Waals surface area contributed by atoms with Crippen LogP contribution in [0.4, 0.5) is 8.78 Å². The molecule has 2 heteroatoms. The summed E-state index contributed by atoms with van der Waals surface area (Å²) in [5.74, 6) is -0.792. The van der Waals surface area contributed by atoms with Gasteiger partial charge in [-0.2, -0.15) is 0 Å². The van der Waals surface area contributed by atoms with Crippen molar-refractivity contribution >= 4 is 6.08 Å². The number of hydrogen-bond acceptors (Lipinski definition) is 0. The minimum absolute atomic E-state index is 0.241. The van der Waals surface area contributed by atoms with Gasteiger partial charge in [0.1, 0.15) is 11.6 Å². The van der Waals surface area contributed by atoms with Crippen molar-refractivity contribution in [2.24, 2.45) is 0 Å². The summed E-state index contributed by atoms with van der Waals surface area (Å²) in [6.07, 6.45) is 11.4. The van der Waals surface area contributed by atoms with Crippen LogP contribution in [0.2, 0.25) is 0 Å². The van der Waals surface area contributed by atoms with Crippen LogP contribution in [0.25, 0.3) is 6.08 Å². The quantitative estimate of drug-likeness (QED) is 0.392. The van der Waals surface area contributed by atoms with Gasteiger partial charge in [0.15, 0.2) is 0 Å². The fourth-order valence-electron chi connectivity index (χ4n) is 3.06. The summed E-state index contributed by atoms with van der Waals surface area (Å²) in [5, 5.41) is 0. The number of rotatable bonds is 10. The van der Waals surface area contributed by atoms with Gasteiger partial charge in [-0.15, -0.1) is 0 Å². The van der Waals surface area contributed by atoms with Crippen LogP contribution in [0, 0.1) is 11.6 Å². The van der Waals surface area contributed by atoms with E-state index in [1.54, 1.807) is 0 Å². The number of allylic oxidation sites excluding steroid dienone is 1. The van der Waals surface area contributed by atoms with E-state index in [1.165, 1.54) is 23.3 Å². The Morgan fingerprint density at radius 3 is 2.04 bits per heavy atom. The minimum Gasteiger partial charge on any atom is -0.207 e. The summed E-state index contributed by atoms with van der Waals surface area (Å²) in [6, 6.07) is 11.4. The highest BCUT2D eigenvalue weighted by Gasteiger charge is 2.11. The number of halogens is 2. The maximum atomic E-state index is 14.2. The van der Waals surface area contributed by atoms with Gasteiger partial charge in [0.25, 0.3) is 0 Å². The average Bonchev–Trinajstić information content (AvgIpc) is 2.63. The topological polar surface area (TPSA) is 0 Å². The van der Waals surface area contributed by atoms with Gasteiger partial charge in [-0.3, -0.25) is 0 Å². The molecule has 0 unspecified atom stereocenters. The Labute approximate surface area is 157 Å². The van der Waals surface area contributed by atoms with Gasteiger partial charge in [0.05, 0.1) is 0 Å². The molecule has 140 valence electrons. The normalized spacial score (nSPS) is 11.4. The lowest BCUT2D eigenvalue weighted by Crippen LogP contribution is -2.00. The molecule has 2 aromatic rings. The summed E-state index contributed by atoms with van der Waals surface area (Å²) in [5.41, 5.74) is 3.35. The maximum Gasteiger partial charge on any atom is 0.129 e. The minimum atomic E-state index is -0.396. The molecule has 0 bridgehead atoms. The van der Waals surface area contributed by atoms with Crippen molar-refractivity contribution in [3.05, 3.63) is 76.4 Å². The summed E-state index contributed by atoms with van der Waals surface area (Å²) < 4.78 is 28.4. The third-order valence-corrected chi connectivity index (χ3v) is 4.68. The Hall–Kier alpha value is -1.96. The van der Waals surface area contributed by atoms with Crippen LogP contribution in [0.15, 0.2) is 42.5 Å². The Kier molecular flexibility index (Phi) is 8.53. The molecular weight excluding hydrogens is 326 g/mol. The van der Waals surface area contributed by atoms with Gasteiger partial charge < -0.3 is 0 Å². The van der Waals surface area contributed by atoms with Crippen molar-refractivity contribution < 1.29 is 8.78 Å². The third kappa shape index (κ3) is 6.40. The van der Waals surface area contributed by atoms with Crippen molar-refractivity contribution in [1.82, 2.24) is 0 Å². The second kappa shape index (κ2) is 10.9. The predicted molar refractivity (Wildman–Crippen MR) is 107 cm³/mol. The monoisotopic (exact) mass is 356 g/mol. The van der Waals surface area contributed by atoms with Crippen LogP contribution in [0.1, 0.15) is 68.2 Å². The van der Waals surface area contributed by atoms with E-state index >= 15 is 0 Å². The molecule has 0 radical (unpaired) electrons. The van der Waals surface area contributed by atoms with Gasteiger partial charge in [-0.05, 0) is 60.9 Å². The Bertz CT molecular complexity index is 676. The largest absolute Gasteiger partial charge is 0.207 e. The number of hydrogen-bond donors (Lipinski definition) is 0. The average molecular weight is 356 g/mol. The molecule has 2 rings (SSSR count). The summed E-state index contributed by atoms with van der Waals surface area (Å²) >= 11 is 0. The van der Waals surface area contributed by atoms with E-state index in [4.69, 9.17) is 0 Å². The molecule has 26 heavy (non-hydrogen) atoms. The lowest BCUT2D eigenvalue weighted by molar-refractivity contribution is 0.542. The Morgan fingerprint density at radius 1 is 0.769 bits per heavy atom. The van der Waals surface area contributed by atoms with Gasteiger partial charge in [0, 0.05) is 5.56 Å². The van der Waals surface area contributed by atoms with Crippen LogP contribution in [-0.4, -0.2) is 0 Å². The first-order valence-electron chi connectivity index (χ1n) is 9.86. The predicted octanol–water partition coefficient (Wildman–Crippen LogP) is 7.30. The second-order valence-electron chi connectivity index (χ2n) is 6.93. The van der Waals surface area contributed by atoms with Crippen LogP contribution < -0.4 is 0 Å². The maximum absolute atomic E-state index is 14.2. The van der Waals surface area contributed by atoms with E-state index < -0.39 is 11.6 Å². The van der Waals surface area contributed by atoms with E-state index in [1.807, 2.05) is 0 Å². The molecule has 0 N–H and O–H groups in total. The van der Waals surface area contributed by atoms with Crippen LogP contribution >= 0.6 is 0 Å². The second-order valence-corrected chi connectivity index (χ2v) is 6.93. The molecule has 0 aliphatic carbocycles. The van der Waals surface area contributed by atoms with E-state index in [2.05, 4.69) is 50.3 Å². The lowest BCUT2D eigenvalue weighted by atomic mass is 9.99. The SMILES string of the molecule is CCCC=Cc1ccc(CCc2cc(F)c(CCCCC)c(F)c2)cc1. The molecule has 0 saturated carbocycles. The summed E-state index contributed by atoms with van der Waals surface area (Å²) in [6.45, 7) is 4.25. The van der Waals surface area contributed by atoms with Gasteiger partial charge in [-0.25, -0.2) is 8.78 Å². The fraction of sp³-hybridized carbons (Fsp3) is 0.417. The van der Waals surface area contributed by atoms with Crippen molar-refractivity contribution in [2.45, 2.75) is 65.2 Å². The Balaban J connectivity index is 1.94. The van der Waals surface area contributed by atoms with Crippen LogP contribution in [-0.2, 0) is 19.3 Å². The summed E-state index contributed by atoms with van der Waals surface area (Å²) in [7, 11) is 0. The number of benzene rings is 2. The molecule has 2 aromatic carbocycles. The van der Waals surface area contributed by atoms with Crippen molar-refractivity contribution in [2.75, 3.05) is 0 Å². The molecule has 0 atom stereocenters. The van der Waals surface area contributed by atoms with Gasteiger partial charge in [0.2, 0.25) is 0 Å². The molecule has 0 heterocycles. The molecule has 0 aliphatic heterocycles. The first kappa shape index (κ1) is 20.4. The molecular formula is C24H30F2. The molecule has 0 aliphatic rings. The van der Waals surface area contributed by atoms with E-state index in [0.717, 1.165) is 44.1 Å². The third-order valence-electron chi connectivity index (χ3n) is 4.68. The van der Waals surface area contributed by atoms with E-state index in [-0.39, 0.29) is 5.56 Å². The zero-order valence-corrected chi connectivity index (χ0v) is 16.0. The molecule has 0 spiro atoms. The Morgan fingerprint density at radius 2 is 1.42 bits per heavy atom. The fourth-order valence-corrected chi connectivity index (χ4v) is 3.06. The molecule has 0 aromatic heterocycles. The zero-order valence-electron chi connectivity index (χ0n) is 16.0. The smallest absolute Gasteiger partial charge is 0.129 e.